The summed E-state index contributed by atoms with van der Waals surface area (Å²) in [6, 6.07) is 10.3. The number of anilines is 1. The van der Waals surface area contributed by atoms with Gasteiger partial charge in [0.1, 0.15) is 5.25 Å². The zero-order chi connectivity index (χ0) is 21.1. The van der Waals surface area contributed by atoms with Gasteiger partial charge in [0.05, 0.1) is 11.7 Å². The van der Waals surface area contributed by atoms with E-state index >= 15 is 0 Å². The van der Waals surface area contributed by atoms with Gasteiger partial charge in [0, 0.05) is 29.2 Å². The van der Waals surface area contributed by atoms with Crippen molar-refractivity contribution in [2.75, 3.05) is 12.4 Å². The number of aromatic carboxylic acids is 1. The second-order valence-corrected chi connectivity index (χ2v) is 8.18. The fourth-order valence-corrected chi connectivity index (χ4v) is 4.10. The van der Waals surface area contributed by atoms with E-state index in [1.807, 2.05) is 0 Å². The van der Waals surface area contributed by atoms with Crippen LogP contribution in [0.5, 0.6) is 0 Å². The van der Waals surface area contributed by atoms with E-state index in [1.54, 1.807) is 25.2 Å². The van der Waals surface area contributed by atoms with Gasteiger partial charge in [-0.2, -0.15) is 0 Å². The van der Waals surface area contributed by atoms with Crippen molar-refractivity contribution in [3.63, 3.8) is 0 Å². The Morgan fingerprint density at radius 3 is 2.38 bits per heavy atom. The zero-order valence-corrected chi connectivity index (χ0v) is 17.3. The lowest BCUT2D eigenvalue weighted by molar-refractivity contribution is -0.255. The molecule has 150 valence electrons. The van der Waals surface area contributed by atoms with E-state index in [2.05, 4.69) is 10.3 Å². The van der Waals surface area contributed by atoms with Gasteiger partial charge in [-0.25, -0.2) is 4.99 Å². The van der Waals surface area contributed by atoms with Crippen LogP contribution in [-0.2, 0) is 9.59 Å². The van der Waals surface area contributed by atoms with Gasteiger partial charge in [0.15, 0.2) is 5.17 Å². The minimum atomic E-state index is -1.30. The van der Waals surface area contributed by atoms with Gasteiger partial charge >= 0.3 is 0 Å². The van der Waals surface area contributed by atoms with E-state index in [0.717, 1.165) is 11.8 Å². The average Bonchev–Trinajstić information content (AvgIpc) is 2.64. The third-order valence-electron chi connectivity index (χ3n) is 4.02. The van der Waals surface area contributed by atoms with Crippen LogP contribution in [0.25, 0.3) is 0 Å². The van der Waals surface area contributed by atoms with Crippen molar-refractivity contribution in [3.05, 3.63) is 58.1 Å². The van der Waals surface area contributed by atoms with E-state index in [0.29, 0.717) is 26.6 Å². The summed E-state index contributed by atoms with van der Waals surface area (Å²) in [5.74, 6) is -1.96. The highest BCUT2D eigenvalue weighted by Crippen LogP contribution is 2.31. The van der Waals surface area contributed by atoms with E-state index in [-0.39, 0.29) is 17.9 Å². The van der Waals surface area contributed by atoms with E-state index in [1.165, 1.54) is 29.2 Å². The third kappa shape index (κ3) is 5.29. The number of halogens is 2. The molecular weight excluding hydrogens is 437 g/mol. The average molecular weight is 451 g/mol. The maximum Gasteiger partial charge on any atom is 0.238 e. The molecule has 10 heteroatoms. The summed E-state index contributed by atoms with van der Waals surface area (Å²) in [6.45, 7) is 0. The third-order valence-corrected chi connectivity index (χ3v) is 5.70. The highest BCUT2D eigenvalue weighted by atomic mass is 35.5. The molecule has 1 aliphatic rings. The summed E-state index contributed by atoms with van der Waals surface area (Å²) in [7, 11) is 1.58. The Labute approximate surface area is 180 Å². The largest absolute Gasteiger partial charge is 0.545 e. The number of rotatable bonds is 4. The van der Waals surface area contributed by atoms with Crippen LogP contribution in [-0.4, -0.2) is 40.1 Å². The number of aliphatic imine (C=N–C) groups is 1. The number of carbonyl (C=O) groups is 3. The standard InChI is InChI=1S/C19H15Cl2N3O4S/c1-24-16(25)9-15(17(26)22-13-4-2-10(3-5-13)18(27)28)29-19(24)23-14-7-11(20)6-12(21)8-14/h2-8,15H,9H2,1H3,(H,22,26)(H,27,28)/p-1/t15-/m1/s1. The number of nitrogens with zero attached hydrogens (tertiary/aromatic N) is 2. The van der Waals surface area contributed by atoms with E-state index < -0.39 is 17.1 Å². The van der Waals surface area contributed by atoms with Gasteiger partial charge in [-0.15, -0.1) is 0 Å². The number of amidine groups is 1. The first-order chi connectivity index (χ1) is 13.7. The van der Waals surface area contributed by atoms with Crippen molar-refractivity contribution in [2.45, 2.75) is 11.7 Å². The van der Waals surface area contributed by atoms with Crippen molar-refractivity contribution in [1.82, 2.24) is 4.90 Å². The molecule has 0 aromatic heterocycles. The lowest BCUT2D eigenvalue weighted by Crippen LogP contribution is -2.43. The quantitative estimate of drug-likeness (QED) is 0.770. The van der Waals surface area contributed by atoms with Gasteiger partial charge in [0.2, 0.25) is 11.8 Å². The summed E-state index contributed by atoms with van der Waals surface area (Å²) < 4.78 is 0. The van der Waals surface area contributed by atoms with Crippen LogP contribution in [0, 0.1) is 0 Å². The highest BCUT2D eigenvalue weighted by molar-refractivity contribution is 8.15. The van der Waals surface area contributed by atoms with Crippen LogP contribution in [0.3, 0.4) is 0 Å². The molecule has 1 fully saturated rings. The Balaban J connectivity index is 1.77. The van der Waals surface area contributed by atoms with Crippen LogP contribution < -0.4 is 10.4 Å². The Morgan fingerprint density at radius 1 is 1.17 bits per heavy atom. The molecule has 2 aromatic rings. The first-order valence-electron chi connectivity index (χ1n) is 8.33. The minimum absolute atomic E-state index is 0.000544. The molecule has 1 aliphatic heterocycles. The maximum atomic E-state index is 12.6. The van der Waals surface area contributed by atoms with Gasteiger partial charge < -0.3 is 15.2 Å². The predicted octanol–water partition coefficient (Wildman–Crippen LogP) is 2.95. The van der Waals surface area contributed by atoms with Gasteiger partial charge in [0.25, 0.3) is 0 Å². The number of thioether (sulfide) groups is 1. The molecule has 1 heterocycles. The molecule has 0 saturated carbocycles. The lowest BCUT2D eigenvalue weighted by atomic mass is 10.2. The smallest absolute Gasteiger partial charge is 0.238 e. The monoisotopic (exact) mass is 450 g/mol. The number of amides is 2. The molecular formula is C19H14Cl2N3O4S-. The first kappa shape index (κ1) is 21.2. The minimum Gasteiger partial charge on any atom is -0.545 e. The van der Waals surface area contributed by atoms with Gasteiger partial charge in [-0.05, 0) is 35.9 Å². The Hall–Kier alpha value is -2.55. The summed E-state index contributed by atoms with van der Waals surface area (Å²) in [4.78, 5) is 41.5. The summed E-state index contributed by atoms with van der Waals surface area (Å²) in [5.41, 5.74) is 0.872. The Morgan fingerprint density at radius 2 is 1.79 bits per heavy atom. The second kappa shape index (κ2) is 8.86. The number of nitrogens with one attached hydrogen (secondary N) is 1. The van der Waals surface area contributed by atoms with Crippen LogP contribution >= 0.6 is 35.0 Å². The lowest BCUT2D eigenvalue weighted by Gasteiger charge is -2.28. The molecule has 7 nitrogen and oxygen atoms in total. The van der Waals surface area contributed by atoms with Crippen molar-refractivity contribution < 1.29 is 19.5 Å². The summed E-state index contributed by atoms with van der Waals surface area (Å²) >= 11 is 13.1. The molecule has 1 atom stereocenters. The molecule has 1 N–H and O–H groups in total. The molecule has 2 aromatic carbocycles. The number of carboxylic acids is 1. The van der Waals surface area contributed by atoms with E-state index in [9.17, 15) is 19.5 Å². The van der Waals surface area contributed by atoms with Crippen LogP contribution in [0.15, 0.2) is 47.5 Å². The number of hydrogen-bond donors (Lipinski definition) is 1. The van der Waals surface area contributed by atoms with Gasteiger partial charge in [-0.1, -0.05) is 47.1 Å². The predicted molar refractivity (Wildman–Crippen MR) is 112 cm³/mol. The summed E-state index contributed by atoms with van der Waals surface area (Å²) in [5, 5.41) is 13.9. The van der Waals surface area contributed by atoms with Crippen molar-refractivity contribution >= 4 is 69.3 Å². The normalized spacial score (nSPS) is 18.0. The molecule has 3 rings (SSSR count). The number of hydrogen-bond acceptors (Lipinski definition) is 6. The molecule has 0 bridgehead atoms. The van der Waals surface area contributed by atoms with Crippen molar-refractivity contribution in [3.8, 4) is 0 Å². The maximum absolute atomic E-state index is 12.6. The molecule has 0 radical (unpaired) electrons. The summed E-state index contributed by atoms with van der Waals surface area (Å²) in [6.07, 6.45) is -0.000544. The van der Waals surface area contributed by atoms with Crippen LogP contribution in [0.4, 0.5) is 11.4 Å². The van der Waals surface area contributed by atoms with E-state index in [4.69, 9.17) is 23.2 Å². The second-order valence-electron chi connectivity index (χ2n) is 6.14. The van der Waals surface area contributed by atoms with Crippen molar-refractivity contribution in [1.29, 1.82) is 0 Å². The Kier molecular flexibility index (Phi) is 6.46. The van der Waals surface area contributed by atoms with Crippen molar-refractivity contribution in [2.24, 2.45) is 4.99 Å². The fourth-order valence-electron chi connectivity index (χ4n) is 2.52. The van der Waals surface area contributed by atoms with Gasteiger partial charge in [-0.3, -0.25) is 14.5 Å². The topological polar surface area (TPSA) is 102 Å². The number of carbonyl (C=O) groups excluding carboxylic acids is 3. The first-order valence-corrected chi connectivity index (χ1v) is 9.97. The molecule has 1 saturated heterocycles. The fraction of sp³-hybridized carbons (Fsp3) is 0.158. The Bertz CT molecular complexity index is 991. The SMILES string of the molecule is CN1C(=O)C[C@H](C(=O)Nc2ccc(C(=O)[O-])cc2)SC1=Nc1cc(Cl)cc(Cl)c1. The number of carboxylic acid groups (broad SMARTS) is 1. The van der Waals surface area contributed by atoms with Crippen LogP contribution in [0.2, 0.25) is 10.0 Å². The zero-order valence-electron chi connectivity index (χ0n) is 15.0. The molecule has 29 heavy (non-hydrogen) atoms. The molecule has 0 spiro atoms. The highest BCUT2D eigenvalue weighted by Gasteiger charge is 2.34. The molecule has 2 amide bonds. The molecule has 0 aliphatic carbocycles. The molecule has 0 unspecified atom stereocenters. The number of benzene rings is 2. The van der Waals surface area contributed by atoms with Crippen LogP contribution in [0.1, 0.15) is 16.8 Å².